The molecule has 1 heterocycles. The molecule has 0 saturated carbocycles. The lowest BCUT2D eigenvalue weighted by molar-refractivity contribution is -0.144. The molecule has 1 aliphatic heterocycles. The van der Waals surface area contributed by atoms with Crippen LogP contribution in [0.3, 0.4) is 0 Å². The second kappa shape index (κ2) is 6.46. The van der Waals surface area contributed by atoms with Crippen LogP contribution in [-0.4, -0.2) is 57.8 Å². The minimum absolute atomic E-state index is 0.232. The number of carbonyl (C=O) groups is 2. The van der Waals surface area contributed by atoms with Gasteiger partial charge in [-0.1, -0.05) is 11.8 Å². The number of ether oxygens (including phenoxy) is 2. The SMILES string of the molecule is CC(=O)OC[C@@H](SC(C)=O)[C@H]1O[C@H](O)[C@H](O)[C@H]1F. The van der Waals surface area contributed by atoms with Gasteiger partial charge < -0.3 is 19.7 Å². The van der Waals surface area contributed by atoms with Crippen LogP contribution in [0, 0.1) is 0 Å². The molecule has 0 amide bonds. The molecule has 18 heavy (non-hydrogen) atoms. The molecular formula is C10H15FO6S. The minimum Gasteiger partial charge on any atom is -0.465 e. The Bertz CT molecular complexity index is 325. The molecule has 0 radical (unpaired) electrons. The van der Waals surface area contributed by atoms with Crippen molar-refractivity contribution in [1.29, 1.82) is 0 Å². The summed E-state index contributed by atoms with van der Waals surface area (Å²) in [5.41, 5.74) is 0. The standard InChI is InChI=1S/C10H15FO6S/c1-4(12)16-3-6(18-5(2)13)9-7(11)8(14)10(15)17-9/h6-10,14-15H,3H2,1-2H3/t6-,7-,8-,9-,10+/m1/s1. The molecule has 5 atom stereocenters. The third kappa shape index (κ3) is 3.91. The van der Waals surface area contributed by atoms with Crippen molar-refractivity contribution in [3.8, 4) is 0 Å². The highest BCUT2D eigenvalue weighted by atomic mass is 32.2. The van der Waals surface area contributed by atoms with Crippen molar-refractivity contribution in [3.05, 3.63) is 0 Å². The van der Waals surface area contributed by atoms with Gasteiger partial charge >= 0.3 is 5.97 Å². The van der Waals surface area contributed by atoms with Crippen molar-refractivity contribution in [3.63, 3.8) is 0 Å². The summed E-state index contributed by atoms with van der Waals surface area (Å²) in [5.74, 6) is -0.571. The van der Waals surface area contributed by atoms with Crippen LogP contribution in [0.4, 0.5) is 4.39 Å². The predicted octanol–water partition coefficient (Wildman–Crippen LogP) is -0.386. The van der Waals surface area contributed by atoms with E-state index in [1.807, 2.05) is 0 Å². The van der Waals surface area contributed by atoms with E-state index in [1.54, 1.807) is 0 Å². The Balaban J connectivity index is 2.70. The fourth-order valence-electron chi connectivity index (χ4n) is 1.57. The van der Waals surface area contributed by atoms with E-state index in [4.69, 9.17) is 9.47 Å². The lowest BCUT2D eigenvalue weighted by atomic mass is 10.1. The zero-order chi connectivity index (χ0) is 13.9. The molecule has 0 bridgehead atoms. The number of carbonyl (C=O) groups excluding carboxylic acids is 2. The van der Waals surface area contributed by atoms with Crippen LogP contribution in [0.5, 0.6) is 0 Å². The van der Waals surface area contributed by atoms with Gasteiger partial charge in [0.1, 0.15) is 18.8 Å². The number of alkyl halides is 1. The van der Waals surface area contributed by atoms with Crippen molar-refractivity contribution in [2.75, 3.05) is 6.61 Å². The number of hydrogen-bond donors (Lipinski definition) is 2. The van der Waals surface area contributed by atoms with Crippen LogP contribution in [0.1, 0.15) is 13.8 Å². The molecule has 0 aromatic rings. The summed E-state index contributed by atoms with van der Waals surface area (Å²) in [6.45, 7) is 2.23. The van der Waals surface area contributed by atoms with Gasteiger partial charge in [0.2, 0.25) is 0 Å². The van der Waals surface area contributed by atoms with Crippen molar-refractivity contribution < 1.29 is 33.7 Å². The fraction of sp³-hybridized carbons (Fsp3) is 0.800. The van der Waals surface area contributed by atoms with Gasteiger partial charge in [-0.2, -0.15) is 0 Å². The van der Waals surface area contributed by atoms with Crippen molar-refractivity contribution in [2.45, 2.75) is 43.8 Å². The van der Waals surface area contributed by atoms with E-state index in [1.165, 1.54) is 13.8 Å². The normalized spacial score (nSPS) is 33.2. The topological polar surface area (TPSA) is 93.1 Å². The number of halogens is 1. The van der Waals surface area contributed by atoms with Gasteiger partial charge in [-0.05, 0) is 0 Å². The minimum atomic E-state index is -1.84. The van der Waals surface area contributed by atoms with Crippen LogP contribution in [0.15, 0.2) is 0 Å². The fourth-order valence-corrected chi connectivity index (χ4v) is 2.48. The highest BCUT2D eigenvalue weighted by Crippen LogP contribution is 2.31. The molecule has 0 aromatic carbocycles. The van der Waals surface area contributed by atoms with E-state index in [2.05, 4.69) is 0 Å². The zero-order valence-electron chi connectivity index (χ0n) is 9.91. The van der Waals surface area contributed by atoms with Gasteiger partial charge in [0.05, 0.1) is 5.25 Å². The second-order valence-corrected chi connectivity index (χ2v) is 5.29. The highest BCUT2D eigenvalue weighted by molar-refractivity contribution is 8.14. The first-order valence-electron chi connectivity index (χ1n) is 5.29. The molecule has 1 rings (SSSR count). The van der Waals surface area contributed by atoms with Gasteiger partial charge in [-0.25, -0.2) is 4.39 Å². The van der Waals surface area contributed by atoms with E-state index in [0.29, 0.717) is 0 Å². The Morgan fingerprint density at radius 2 is 2.06 bits per heavy atom. The molecule has 0 aliphatic carbocycles. The largest absolute Gasteiger partial charge is 0.465 e. The summed E-state index contributed by atoms with van der Waals surface area (Å²) in [6.07, 6.45) is -6.35. The lowest BCUT2D eigenvalue weighted by Crippen LogP contribution is -2.37. The third-order valence-electron chi connectivity index (χ3n) is 2.36. The zero-order valence-corrected chi connectivity index (χ0v) is 10.7. The average molecular weight is 282 g/mol. The first-order chi connectivity index (χ1) is 8.32. The van der Waals surface area contributed by atoms with E-state index < -0.39 is 35.9 Å². The Hall–Kier alpha value is -0.700. The van der Waals surface area contributed by atoms with Gasteiger partial charge in [0, 0.05) is 13.8 Å². The maximum absolute atomic E-state index is 13.7. The van der Waals surface area contributed by atoms with Crippen molar-refractivity contribution >= 4 is 22.8 Å². The van der Waals surface area contributed by atoms with E-state index in [9.17, 15) is 24.2 Å². The number of aliphatic hydroxyl groups excluding tert-OH is 2. The van der Waals surface area contributed by atoms with E-state index in [0.717, 1.165) is 11.8 Å². The van der Waals surface area contributed by atoms with Crippen LogP contribution in [-0.2, 0) is 19.1 Å². The molecule has 104 valence electrons. The second-order valence-electron chi connectivity index (χ2n) is 3.88. The number of thioether (sulfide) groups is 1. The summed E-state index contributed by atoms with van der Waals surface area (Å²) >= 11 is 0.743. The van der Waals surface area contributed by atoms with Gasteiger partial charge in [-0.3, -0.25) is 9.59 Å². The first kappa shape index (κ1) is 15.4. The van der Waals surface area contributed by atoms with Gasteiger partial charge in [0.25, 0.3) is 0 Å². The Morgan fingerprint density at radius 3 is 2.44 bits per heavy atom. The maximum Gasteiger partial charge on any atom is 0.302 e. The summed E-state index contributed by atoms with van der Waals surface area (Å²) in [5, 5.41) is 17.3. The van der Waals surface area contributed by atoms with Crippen molar-refractivity contribution in [2.24, 2.45) is 0 Å². The van der Waals surface area contributed by atoms with Crippen LogP contribution < -0.4 is 0 Å². The molecule has 0 aromatic heterocycles. The number of esters is 1. The molecule has 8 heteroatoms. The molecule has 0 unspecified atom stereocenters. The van der Waals surface area contributed by atoms with E-state index >= 15 is 0 Å². The summed E-state index contributed by atoms with van der Waals surface area (Å²) in [6, 6.07) is 0. The van der Waals surface area contributed by atoms with Crippen LogP contribution in [0.25, 0.3) is 0 Å². The first-order valence-corrected chi connectivity index (χ1v) is 6.17. The molecule has 1 saturated heterocycles. The predicted molar refractivity (Wildman–Crippen MR) is 60.5 cm³/mol. The van der Waals surface area contributed by atoms with Gasteiger partial charge in [0.15, 0.2) is 17.6 Å². The number of rotatable bonds is 4. The summed E-state index contributed by atoms with van der Waals surface area (Å²) in [7, 11) is 0. The molecule has 1 fully saturated rings. The van der Waals surface area contributed by atoms with Gasteiger partial charge in [-0.15, -0.1) is 0 Å². The molecule has 6 nitrogen and oxygen atoms in total. The Morgan fingerprint density at radius 1 is 1.44 bits per heavy atom. The van der Waals surface area contributed by atoms with Crippen LogP contribution in [0.2, 0.25) is 0 Å². The van der Waals surface area contributed by atoms with Crippen LogP contribution >= 0.6 is 11.8 Å². The average Bonchev–Trinajstić information content (AvgIpc) is 2.51. The Labute approximate surface area is 107 Å². The summed E-state index contributed by atoms with van der Waals surface area (Å²) < 4.78 is 23.2. The smallest absolute Gasteiger partial charge is 0.302 e. The van der Waals surface area contributed by atoms with Crippen molar-refractivity contribution in [1.82, 2.24) is 0 Å². The number of hydrogen-bond acceptors (Lipinski definition) is 7. The monoisotopic (exact) mass is 282 g/mol. The third-order valence-corrected chi connectivity index (χ3v) is 3.40. The highest BCUT2D eigenvalue weighted by Gasteiger charge is 2.47. The quantitative estimate of drug-likeness (QED) is 0.678. The summed E-state index contributed by atoms with van der Waals surface area (Å²) in [4.78, 5) is 21.8. The molecule has 2 N–H and O–H groups in total. The maximum atomic E-state index is 13.7. The lowest BCUT2D eigenvalue weighted by Gasteiger charge is -2.22. The number of aliphatic hydroxyl groups is 2. The Kier molecular flexibility index (Phi) is 5.51. The molecule has 1 aliphatic rings. The molecular weight excluding hydrogens is 267 g/mol. The molecule has 0 spiro atoms. The van der Waals surface area contributed by atoms with E-state index in [-0.39, 0.29) is 11.7 Å².